The van der Waals surface area contributed by atoms with E-state index in [0.717, 1.165) is 82.1 Å². The lowest BCUT2D eigenvalue weighted by Crippen LogP contribution is -2.37. The molecule has 1 unspecified atom stereocenters. The van der Waals surface area contributed by atoms with Crippen molar-refractivity contribution in [3.05, 3.63) is 83.4 Å². The first-order chi connectivity index (χ1) is 27.7. The summed E-state index contributed by atoms with van der Waals surface area (Å²) in [6.07, 6.45) is 32.1. The van der Waals surface area contributed by atoms with Gasteiger partial charge < -0.3 is 37.4 Å². The molecule has 0 aliphatic heterocycles. The number of hydrogen-bond donors (Lipinski definition) is 1. The third-order valence-electron chi connectivity index (χ3n) is 9.38. The number of phosphoric acid groups is 1. The van der Waals surface area contributed by atoms with Crippen LogP contribution >= 0.6 is 7.82 Å². The maximum Gasteiger partial charge on any atom is 0.306 e. The number of aliphatic hydroxyl groups is 1. The van der Waals surface area contributed by atoms with Gasteiger partial charge in [-0.3, -0.25) is 14.2 Å². The van der Waals surface area contributed by atoms with Crippen molar-refractivity contribution in [1.82, 2.24) is 0 Å². The molecule has 12 heteroatoms. The fourth-order valence-corrected chi connectivity index (χ4v) is 6.36. The van der Waals surface area contributed by atoms with E-state index in [1.807, 2.05) is 58.4 Å². The van der Waals surface area contributed by atoms with Gasteiger partial charge in [-0.2, -0.15) is 0 Å². The molecular formula is C46H76NO10P. The van der Waals surface area contributed by atoms with Crippen LogP contribution < -0.4 is 4.89 Å². The number of hydrogen-bond acceptors (Lipinski definition) is 10. The highest BCUT2D eigenvalue weighted by Crippen LogP contribution is 2.38. The highest BCUT2D eigenvalue weighted by atomic mass is 31.2. The Hall–Kier alpha value is -3.05. The van der Waals surface area contributed by atoms with Gasteiger partial charge in [-0.25, -0.2) is 0 Å². The minimum atomic E-state index is -4.67. The van der Waals surface area contributed by atoms with E-state index in [-0.39, 0.29) is 32.2 Å². The van der Waals surface area contributed by atoms with Gasteiger partial charge in [0.1, 0.15) is 31.3 Å². The van der Waals surface area contributed by atoms with Crippen LogP contribution in [-0.2, 0) is 45.5 Å². The molecule has 11 nitrogen and oxygen atoms in total. The number of unbranched alkanes of at least 4 members (excludes halogenated alkanes) is 6. The van der Waals surface area contributed by atoms with E-state index in [9.17, 15) is 24.2 Å². The Morgan fingerprint density at radius 2 is 1.34 bits per heavy atom. The van der Waals surface area contributed by atoms with Crippen molar-refractivity contribution in [1.29, 1.82) is 0 Å². The zero-order valence-corrected chi connectivity index (χ0v) is 37.7. The molecule has 1 aromatic heterocycles. The number of phosphoric ester groups is 1. The molecule has 1 aromatic rings. The van der Waals surface area contributed by atoms with Crippen molar-refractivity contribution >= 4 is 19.8 Å². The number of allylic oxidation sites excluding steroid dienone is 9. The van der Waals surface area contributed by atoms with Crippen molar-refractivity contribution in [2.75, 3.05) is 47.5 Å². The highest BCUT2D eigenvalue weighted by Gasteiger charge is 2.22. The molecule has 3 atom stereocenters. The van der Waals surface area contributed by atoms with Crippen LogP contribution in [0.3, 0.4) is 0 Å². The molecule has 330 valence electrons. The van der Waals surface area contributed by atoms with Crippen molar-refractivity contribution in [3.8, 4) is 0 Å². The second-order valence-corrected chi connectivity index (χ2v) is 17.2. The molecule has 0 aliphatic carbocycles. The predicted molar refractivity (Wildman–Crippen MR) is 231 cm³/mol. The van der Waals surface area contributed by atoms with Crippen LogP contribution in [0.4, 0.5) is 0 Å². The van der Waals surface area contributed by atoms with E-state index in [2.05, 4.69) is 45.1 Å². The monoisotopic (exact) mass is 834 g/mol. The van der Waals surface area contributed by atoms with Crippen molar-refractivity contribution in [3.63, 3.8) is 0 Å². The molecule has 1 heterocycles. The zero-order chi connectivity index (χ0) is 43.1. The number of esters is 2. The van der Waals surface area contributed by atoms with Gasteiger partial charge >= 0.3 is 11.9 Å². The first kappa shape index (κ1) is 53.0. The summed E-state index contributed by atoms with van der Waals surface area (Å²) in [6.45, 7) is 7.95. The Labute approximate surface area is 350 Å². The minimum Gasteiger partial charge on any atom is -0.756 e. The number of rotatable bonds is 34. The molecule has 0 bridgehead atoms. The van der Waals surface area contributed by atoms with Crippen LogP contribution in [0.5, 0.6) is 0 Å². The van der Waals surface area contributed by atoms with Gasteiger partial charge in [-0.05, 0) is 82.8 Å². The molecule has 0 radical (unpaired) electrons. The molecule has 0 amide bonds. The molecule has 0 aliphatic rings. The van der Waals surface area contributed by atoms with Gasteiger partial charge in [-0.1, -0.05) is 100 Å². The Balaban J connectivity index is 2.43. The number of nitrogens with zero attached hydrogens (tertiary/aromatic N) is 1. The standard InChI is InChI=1S/C46H76NO10P/c1-8-30-43-39(3)40(4)44(57-43)32-27-23-20-21-24-28-33-45(49)53-37-42(38-55-58(51,52)54-36-35-47(5,6)7)56-46(50)34-29-25-19-17-15-13-11-10-12-14-16-18-22-26-31-41(48)9-2/h11-14,17-19,22,26,31,41-42,48H,8-10,15-16,20-21,23-25,27-30,32-38H2,1-7H3/b13-11-,14-12-,19-17-,22-18-,31-26+/t41-,42-/m1/s1. The van der Waals surface area contributed by atoms with E-state index < -0.39 is 32.5 Å². The molecule has 58 heavy (non-hydrogen) atoms. The van der Waals surface area contributed by atoms with Crippen molar-refractivity contribution in [2.45, 2.75) is 149 Å². The zero-order valence-electron chi connectivity index (χ0n) is 36.8. The molecule has 0 saturated carbocycles. The normalized spacial score (nSPS) is 14.7. The molecular weight excluding hydrogens is 757 g/mol. The summed E-state index contributed by atoms with van der Waals surface area (Å²) in [4.78, 5) is 37.6. The lowest BCUT2D eigenvalue weighted by molar-refractivity contribution is -0.870. The number of aryl methyl sites for hydroxylation is 2. The SMILES string of the molecule is CCCc1oc(CCCCCCCCC(=O)OC[C@H](COP(=O)([O-])OCC[N+](C)(C)C)OC(=O)CCC/C=C\C/C=C\C/C=C\C/C=C\C=C\[C@H](O)CC)c(C)c1C. The fraction of sp³-hybridized carbons (Fsp3) is 0.652. The Morgan fingerprint density at radius 3 is 1.98 bits per heavy atom. The highest BCUT2D eigenvalue weighted by molar-refractivity contribution is 7.45. The van der Waals surface area contributed by atoms with Crippen LogP contribution in [0.2, 0.25) is 0 Å². The van der Waals surface area contributed by atoms with E-state index in [1.54, 1.807) is 6.08 Å². The maximum absolute atomic E-state index is 12.7. The summed E-state index contributed by atoms with van der Waals surface area (Å²) in [5.41, 5.74) is 2.56. The Kier molecular flexibility index (Phi) is 29.1. The molecule has 0 fully saturated rings. The third kappa shape index (κ3) is 28.4. The maximum atomic E-state index is 12.7. The number of ether oxygens (including phenoxy) is 2. The molecule has 0 spiro atoms. The van der Waals surface area contributed by atoms with Crippen LogP contribution in [-0.4, -0.2) is 81.2 Å². The first-order valence-electron chi connectivity index (χ1n) is 21.5. The molecule has 1 N–H and O–H groups in total. The fourth-order valence-electron chi connectivity index (χ4n) is 5.63. The summed E-state index contributed by atoms with van der Waals surface area (Å²) < 4.78 is 39.9. The topological polar surface area (TPSA) is 145 Å². The molecule has 0 saturated heterocycles. The van der Waals surface area contributed by atoms with Gasteiger partial charge in [-0.15, -0.1) is 0 Å². The largest absolute Gasteiger partial charge is 0.756 e. The van der Waals surface area contributed by atoms with Gasteiger partial charge in [0.2, 0.25) is 0 Å². The predicted octanol–water partition coefficient (Wildman–Crippen LogP) is 9.68. The number of quaternary nitrogens is 1. The number of likely N-dealkylation sites (N-methyl/N-ethyl adjacent to an activating group) is 1. The van der Waals surface area contributed by atoms with Crippen LogP contribution in [0.1, 0.15) is 133 Å². The summed E-state index contributed by atoms with van der Waals surface area (Å²) in [5, 5.41) is 9.48. The average molecular weight is 834 g/mol. The van der Waals surface area contributed by atoms with Crippen LogP contribution in [0.15, 0.2) is 65.2 Å². The Morgan fingerprint density at radius 1 is 0.759 bits per heavy atom. The number of carbonyl (C=O) groups is 2. The second-order valence-electron chi connectivity index (χ2n) is 15.8. The summed E-state index contributed by atoms with van der Waals surface area (Å²) in [5.74, 6) is 1.26. The van der Waals surface area contributed by atoms with Gasteiger partial charge in [0.15, 0.2) is 6.10 Å². The smallest absolute Gasteiger partial charge is 0.306 e. The van der Waals surface area contributed by atoms with E-state index >= 15 is 0 Å². The first-order valence-corrected chi connectivity index (χ1v) is 22.9. The van der Waals surface area contributed by atoms with Crippen LogP contribution in [0, 0.1) is 13.8 Å². The van der Waals surface area contributed by atoms with E-state index in [0.29, 0.717) is 36.7 Å². The van der Waals surface area contributed by atoms with E-state index in [1.165, 1.54) is 11.1 Å². The van der Waals surface area contributed by atoms with Gasteiger partial charge in [0, 0.05) is 25.7 Å². The molecule has 1 rings (SSSR count). The number of aliphatic hydroxyl groups excluding tert-OH is 1. The summed E-state index contributed by atoms with van der Waals surface area (Å²) in [7, 11) is 1.07. The van der Waals surface area contributed by atoms with Gasteiger partial charge in [0.05, 0.1) is 33.9 Å². The summed E-state index contributed by atoms with van der Waals surface area (Å²) >= 11 is 0. The number of carbonyl (C=O) groups excluding carboxylic acids is 2. The lowest BCUT2D eigenvalue weighted by atomic mass is 10.0. The Bertz CT molecular complexity index is 1470. The van der Waals surface area contributed by atoms with Crippen molar-refractivity contribution in [2.24, 2.45) is 0 Å². The lowest BCUT2D eigenvalue weighted by Gasteiger charge is -2.28. The number of furan rings is 1. The van der Waals surface area contributed by atoms with E-state index in [4.69, 9.17) is 22.9 Å². The third-order valence-corrected chi connectivity index (χ3v) is 10.3. The minimum absolute atomic E-state index is 0.0594. The van der Waals surface area contributed by atoms with Crippen molar-refractivity contribution < 1.29 is 51.6 Å². The second kappa shape index (κ2) is 31.8. The average Bonchev–Trinajstić information content (AvgIpc) is 3.43. The summed E-state index contributed by atoms with van der Waals surface area (Å²) in [6, 6.07) is 0. The molecule has 0 aromatic carbocycles. The van der Waals surface area contributed by atoms with Gasteiger partial charge in [0.25, 0.3) is 7.82 Å². The quantitative estimate of drug-likeness (QED) is 0.0178. The van der Waals surface area contributed by atoms with Crippen LogP contribution in [0.25, 0.3) is 0 Å².